The highest BCUT2D eigenvalue weighted by atomic mass is 32.1. The van der Waals surface area contributed by atoms with Crippen molar-refractivity contribution >= 4 is 48.5 Å². The number of β-amino-alcohol motifs (C(OH)–C–C–N with tert-alkyl or cyclic N) is 1. The highest BCUT2D eigenvalue weighted by Gasteiger charge is 2.49. The van der Waals surface area contributed by atoms with Crippen molar-refractivity contribution in [3.8, 4) is 17.3 Å². The molecule has 0 radical (unpaired) electrons. The first-order valence-electron chi connectivity index (χ1n) is 18.1. The molecule has 4 saturated heterocycles. The van der Waals surface area contributed by atoms with Crippen molar-refractivity contribution in [1.29, 1.82) is 0 Å². The molecule has 1 aromatic carbocycles. The van der Waals surface area contributed by atoms with Crippen molar-refractivity contribution in [2.45, 2.75) is 82.1 Å². The van der Waals surface area contributed by atoms with Crippen molar-refractivity contribution in [2.75, 3.05) is 57.5 Å². The first kappa shape index (κ1) is 35.0. The molecule has 4 fully saturated rings. The van der Waals surface area contributed by atoms with Crippen LogP contribution >= 0.6 is 11.3 Å². The molecule has 4 aromatic heterocycles. The summed E-state index contributed by atoms with van der Waals surface area (Å²) in [6.07, 6.45) is 1.36. The average molecular weight is 757 g/mol. The van der Waals surface area contributed by atoms with Gasteiger partial charge in [0.2, 0.25) is 0 Å². The number of thiophene rings is 1. The van der Waals surface area contributed by atoms with E-state index in [1.165, 1.54) is 25.5 Å². The van der Waals surface area contributed by atoms with Gasteiger partial charge in [0, 0.05) is 37.1 Å². The fourth-order valence-corrected chi connectivity index (χ4v) is 9.92. The van der Waals surface area contributed by atoms with Crippen LogP contribution in [0.5, 0.6) is 6.01 Å². The van der Waals surface area contributed by atoms with Gasteiger partial charge in [-0.3, -0.25) is 4.90 Å². The topological polar surface area (TPSA) is 124 Å². The van der Waals surface area contributed by atoms with Crippen molar-refractivity contribution in [2.24, 2.45) is 0 Å². The number of aryl methyl sites for hydroxylation is 1. The van der Waals surface area contributed by atoms with E-state index in [0.29, 0.717) is 76.3 Å². The second kappa shape index (κ2) is 12.9. The van der Waals surface area contributed by atoms with Crippen LogP contribution in [-0.4, -0.2) is 110 Å². The molecule has 0 spiro atoms. The molecule has 4 aliphatic heterocycles. The summed E-state index contributed by atoms with van der Waals surface area (Å²) in [5.74, 6) is 0.412. The minimum atomic E-state index is -4.71. The van der Waals surface area contributed by atoms with Gasteiger partial charge >= 0.3 is 12.2 Å². The van der Waals surface area contributed by atoms with Crippen LogP contribution in [0.3, 0.4) is 0 Å². The van der Waals surface area contributed by atoms with Gasteiger partial charge in [-0.25, -0.2) is 19.0 Å². The minimum Gasteiger partial charge on any atom is -0.461 e. The Morgan fingerprint density at radius 3 is 2.81 bits per heavy atom. The van der Waals surface area contributed by atoms with Gasteiger partial charge in [0.25, 0.3) is 0 Å². The van der Waals surface area contributed by atoms with Crippen LogP contribution in [0.15, 0.2) is 18.6 Å². The third-order valence-electron chi connectivity index (χ3n) is 11.1. The molecule has 53 heavy (non-hydrogen) atoms. The van der Waals surface area contributed by atoms with Crippen LogP contribution in [0.25, 0.3) is 42.6 Å². The second-order valence-corrected chi connectivity index (χ2v) is 16.1. The lowest BCUT2D eigenvalue weighted by Gasteiger charge is -2.31. The summed E-state index contributed by atoms with van der Waals surface area (Å²) >= 11 is 1.16. The maximum absolute atomic E-state index is 15.1. The number of aromatic nitrogens is 6. The van der Waals surface area contributed by atoms with Crippen molar-refractivity contribution < 1.29 is 36.9 Å². The molecule has 8 heterocycles. The van der Waals surface area contributed by atoms with Gasteiger partial charge in [-0.15, -0.1) is 11.3 Å². The maximum atomic E-state index is 15.1. The van der Waals surface area contributed by atoms with E-state index in [-0.39, 0.29) is 48.8 Å². The zero-order valence-electron chi connectivity index (χ0n) is 29.5. The van der Waals surface area contributed by atoms with E-state index in [0.717, 1.165) is 43.6 Å². The Morgan fingerprint density at radius 2 is 2.00 bits per heavy atom. The Kier molecular flexibility index (Phi) is 8.53. The van der Waals surface area contributed by atoms with Gasteiger partial charge in [-0.05, 0) is 64.1 Å². The lowest BCUT2D eigenvalue weighted by molar-refractivity contribution is -0.137. The molecular formula is C36H40F4N8O4S. The minimum absolute atomic E-state index is 0.0381. The number of nitrogens with zero attached hydrogens (tertiary/aromatic N) is 8. The van der Waals surface area contributed by atoms with Crippen molar-refractivity contribution in [3.63, 3.8) is 0 Å². The average Bonchev–Trinajstić information content (AvgIpc) is 3.85. The molecular weight excluding hydrogens is 717 g/mol. The zero-order chi connectivity index (χ0) is 36.7. The van der Waals surface area contributed by atoms with Gasteiger partial charge in [0.15, 0.2) is 6.23 Å². The quantitative estimate of drug-likeness (QED) is 0.199. The van der Waals surface area contributed by atoms with Crippen LogP contribution in [0.1, 0.15) is 62.8 Å². The summed E-state index contributed by atoms with van der Waals surface area (Å²) in [6.45, 7) is 6.00. The Morgan fingerprint density at radius 1 is 1.13 bits per heavy atom. The van der Waals surface area contributed by atoms with E-state index in [1.54, 1.807) is 11.6 Å². The number of fused-ring (bicyclic) bond motifs is 5. The van der Waals surface area contributed by atoms with Gasteiger partial charge in [0.05, 0.1) is 63.9 Å². The molecule has 0 aliphatic carbocycles. The van der Waals surface area contributed by atoms with Crippen LogP contribution in [0.2, 0.25) is 0 Å². The Bertz CT molecular complexity index is 2210. The number of hydrogen-bond acceptors (Lipinski definition) is 12. The molecule has 17 heteroatoms. The molecule has 282 valence electrons. The molecule has 9 rings (SSSR count). The number of hydrogen-bond donors (Lipinski definition) is 1. The molecule has 4 aliphatic rings. The van der Waals surface area contributed by atoms with Gasteiger partial charge in [-0.1, -0.05) is 0 Å². The first-order chi connectivity index (χ1) is 25.4. The number of alkyl halides is 4. The lowest BCUT2D eigenvalue weighted by atomic mass is 9.94. The van der Waals surface area contributed by atoms with E-state index in [4.69, 9.17) is 24.2 Å². The van der Waals surface area contributed by atoms with E-state index in [2.05, 4.69) is 20.0 Å². The van der Waals surface area contributed by atoms with Crippen LogP contribution < -0.4 is 9.64 Å². The summed E-state index contributed by atoms with van der Waals surface area (Å²) in [4.78, 5) is 23.3. The molecule has 5 aromatic rings. The number of benzene rings is 1. The summed E-state index contributed by atoms with van der Waals surface area (Å²) in [6, 6.07) is 1.58. The monoisotopic (exact) mass is 756 g/mol. The molecule has 0 bridgehead atoms. The molecule has 1 unspecified atom stereocenters. The Labute approximate surface area is 306 Å². The number of rotatable bonds is 6. The number of aliphatic hydroxyl groups is 1. The highest BCUT2D eigenvalue weighted by molar-refractivity contribution is 7.26. The standard InChI is InChI=1S/C36H40F4N8O4S/c1-20-12-23-22(14-43-48(23)24-6-3-4-10-51-24)25(27(20)36(38,39)40)28-30-29(42-19-41-28)26-31(46-9-11-50-17-34(2,49)16-46)44-33(45-32(26)53-30)52-18-35-7-5-8-47(35)15-21(37)13-35/h12,14,19,21,24,49H,3-11,13,15-18H2,1-2H3/t21-,24?,34+,35+/m1/s1. The molecule has 1 N–H and O–H groups in total. The predicted molar refractivity (Wildman–Crippen MR) is 190 cm³/mol. The van der Waals surface area contributed by atoms with E-state index >= 15 is 13.2 Å². The normalized spacial score (nSPS) is 27.3. The SMILES string of the molecule is Cc1cc2c(cnn2C2CCCCO2)c(-c2ncnc3c2sc2nc(OC[C@@]45CCCN4C[C@H](F)C5)nc(N4CCOC[C@@](C)(O)C4)c23)c1C(F)(F)F. The van der Waals surface area contributed by atoms with E-state index in [9.17, 15) is 9.50 Å². The number of anilines is 1. The van der Waals surface area contributed by atoms with Crippen LogP contribution in [-0.2, 0) is 15.7 Å². The number of halogens is 4. The molecule has 0 saturated carbocycles. The molecule has 4 atom stereocenters. The largest absolute Gasteiger partial charge is 0.461 e. The molecule has 12 nitrogen and oxygen atoms in total. The fourth-order valence-electron chi connectivity index (χ4n) is 8.81. The second-order valence-electron chi connectivity index (χ2n) is 15.1. The van der Waals surface area contributed by atoms with Gasteiger partial charge < -0.3 is 24.2 Å². The molecule has 0 amide bonds. The summed E-state index contributed by atoms with van der Waals surface area (Å²) in [5, 5.41) is 16.5. The van der Waals surface area contributed by atoms with Gasteiger partial charge in [0.1, 0.15) is 35.4 Å². The van der Waals surface area contributed by atoms with Crippen LogP contribution in [0.4, 0.5) is 23.4 Å². The predicted octanol–water partition coefficient (Wildman–Crippen LogP) is 6.22. The fraction of sp³-hybridized carbons (Fsp3) is 0.583. The summed E-state index contributed by atoms with van der Waals surface area (Å²) in [5.41, 5.74) is -1.52. The van der Waals surface area contributed by atoms with Gasteiger partial charge in [-0.2, -0.15) is 28.2 Å². The smallest absolute Gasteiger partial charge is 0.417 e. The summed E-state index contributed by atoms with van der Waals surface area (Å²) in [7, 11) is 0. The van der Waals surface area contributed by atoms with E-state index < -0.39 is 29.1 Å². The third kappa shape index (κ3) is 6.08. The highest BCUT2D eigenvalue weighted by Crippen LogP contribution is 2.48. The number of ether oxygens (including phenoxy) is 3. The lowest BCUT2D eigenvalue weighted by Crippen LogP contribution is -2.43. The Hall–Kier alpha value is -3.77. The van der Waals surface area contributed by atoms with Crippen molar-refractivity contribution in [1.82, 2.24) is 34.6 Å². The first-order valence-corrected chi connectivity index (χ1v) is 18.9. The van der Waals surface area contributed by atoms with Crippen LogP contribution in [0, 0.1) is 6.92 Å². The zero-order valence-corrected chi connectivity index (χ0v) is 30.3. The van der Waals surface area contributed by atoms with Crippen molar-refractivity contribution in [3.05, 3.63) is 29.7 Å². The summed E-state index contributed by atoms with van der Waals surface area (Å²) < 4.78 is 79.9. The Balaban J connectivity index is 1.23. The van der Waals surface area contributed by atoms with E-state index in [1.807, 2.05) is 4.90 Å². The maximum Gasteiger partial charge on any atom is 0.417 e. The third-order valence-corrected chi connectivity index (χ3v) is 12.2.